The molecule has 0 aliphatic rings. The van der Waals surface area contributed by atoms with Crippen molar-refractivity contribution in [3.63, 3.8) is 0 Å². The summed E-state index contributed by atoms with van der Waals surface area (Å²) in [6.45, 7) is 2.52. The van der Waals surface area contributed by atoms with E-state index in [1.54, 1.807) is 0 Å². The average molecular weight is 277 g/mol. The normalized spacial score (nSPS) is 12.3. The standard InChI is InChI=1S/C16H23NO3/c1-2-3-4-8-11-15(18)12-17-16(19)20-13-14-9-6-5-7-10-14/h3-7,9-10,15,18H,2,8,11-13H2,1H3,(H,17,19)/b4-3-. The van der Waals surface area contributed by atoms with Crippen molar-refractivity contribution in [1.29, 1.82) is 0 Å². The third-order valence-electron chi connectivity index (χ3n) is 2.76. The zero-order chi connectivity index (χ0) is 14.6. The molecule has 1 rings (SSSR count). The van der Waals surface area contributed by atoms with E-state index in [1.165, 1.54) is 0 Å². The van der Waals surface area contributed by atoms with Crippen LogP contribution >= 0.6 is 0 Å². The van der Waals surface area contributed by atoms with Gasteiger partial charge >= 0.3 is 6.09 Å². The van der Waals surface area contributed by atoms with Crippen molar-refractivity contribution >= 4 is 6.09 Å². The molecule has 0 fully saturated rings. The topological polar surface area (TPSA) is 58.6 Å². The number of amides is 1. The lowest BCUT2D eigenvalue weighted by Crippen LogP contribution is -2.32. The number of benzene rings is 1. The van der Waals surface area contributed by atoms with E-state index in [2.05, 4.69) is 18.3 Å². The minimum absolute atomic E-state index is 0.216. The highest BCUT2D eigenvalue weighted by Crippen LogP contribution is 2.01. The quantitative estimate of drug-likeness (QED) is 0.718. The first-order chi connectivity index (χ1) is 9.72. The molecule has 0 aliphatic heterocycles. The van der Waals surface area contributed by atoms with Crippen molar-refractivity contribution in [2.75, 3.05) is 6.54 Å². The number of alkyl carbamates (subject to hydrolysis) is 1. The molecule has 1 aromatic rings. The van der Waals surface area contributed by atoms with E-state index in [0.717, 1.165) is 18.4 Å². The minimum Gasteiger partial charge on any atom is -0.445 e. The highest BCUT2D eigenvalue weighted by Gasteiger charge is 2.07. The molecule has 1 atom stereocenters. The number of carbonyl (C=O) groups excluding carboxylic acids is 1. The van der Waals surface area contributed by atoms with Gasteiger partial charge in [0.25, 0.3) is 0 Å². The number of aliphatic hydroxyl groups excluding tert-OH is 1. The van der Waals surface area contributed by atoms with Crippen molar-refractivity contribution < 1.29 is 14.6 Å². The molecule has 1 aromatic carbocycles. The average Bonchev–Trinajstić information content (AvgIpc) is 2.48. The Morgan fingerprint density at radius 3 is 2.80 bits per heavy atom. The van der Waals surface area contributed by atoms with Crippen molar-refractivity contribution in [3.05, 3.63) is 48.0 Å². The molecule has 0 aliphatic carbocycles. The van der Waals surface area contributed by atoms with Crippen LogP contribution in [0.25, 0.3) is 0 Å². The zero-order valence-corrected chi connectivity index (χ0v) is 11.9. The number of allylic oxidation sites excluding steroid dienone is 2. The van der Waals surface area contributed by atoms with Gasteiger partial charge in [0.15, 0.2) is 0 Å². The van der Waals surface area contributed by atoms with Crippen LogP contribution in [0.3, 0.4) is 0 Å². The van der Waals surface area contributed by atoms with Gasteiger partial charge in [0.05, 0.1) is 6.10 Å². The molecule has 0 bridgehead atoms. The molecule has 0 radical (unpaired) electrons. The Hall–Kier alpha value is -1.81. The van der Waals surface area contributed by atoms with Crippen LogP contribution < -0.4 is 5.32 Å². The zero-order valence-electron chi connectivity index (χ0n) is 11.9. The molecule has 0 saturated heterocycles. The molecule has 4 nitrogen and oxygen atoms in total. The van der Waals surface area contributed by atoms with Gasteiger partial charge in [-0.2, -0.15) is 0 Å². The molecular formula is C16H23NO3. The molecule has 1 unspecified atom stereocenters. The lowest BCUT2D eigenvalue weighted by molar-refractivity contribution is 0.123. The fourth-order valence-corrected chi connectivity index (χ4v) is 1.65. The van der Waals surface area contributed by atoms with Gasteiger partial charge in [-0.3, -0.25) is 0 Å². The summed E-state index contributed by atoms with van der Waals surface area (Å²) < 4.78 is 5.05. The third-order valence-corrected chi connectivity index (χ3v) is 2.76. The van der Waals surface area contributed by atoms with Gasteiger partial charge < -0.3 is 15.2 Å². The first-order valence-corrected chi connectivity index (χ1v) is 7.00. The van der Waals surface area contributed by atoms with Gasteiger partial charge in [0, 0.05) is 6.54 Å². The molecule has 0 spiro atoms. The van der Waals surface area contributed by atoms with E-state index in [0.29, 0.717) is 6.42 Å². The Bertz CT molecular complexity index is 403. The van der Waals surface area contributed by atoms with Crippen LogP contribution in [-0.2, 0) is 11.3 Å². The first kappa shape index (κ1) is 16.2. The number of aliphatic hydroxyl groups is 1. The van der Waals surface area contributed by atoms with Gasteiger partial charge in [0.1, 0.15) is 6.61 Å². The van der Waals surface area contributed by atoms with Gasteiger partial charge in [-0.05, 0) is 24.8 Å². The molecule has 2 N–H and O–H groups in total. The van der Waals surface area contributed by atoms with E-state index >= 15 is 0 Å². The van der Waals surface area contributed by atoms with Crippen molar-refractivity contribution in [2.24, 2.45) is 0 Å². The highest BCUT2D eigenvalue weighted by molar-refractivity contribution is 5.67. The summed E-state index contributed by atoms with van der Waals surface area (Å²) in [5.41, 5.74) is 0.938. The summed E-state index contributed by atoms with van der Waals surface area (Å²) in [6, 6.07) is 9.48. The molecular weight excluding hydrogens is 254 g/mol. The number of hydrogen-bond donors (Lipinski definition) is 2. The van der Waals surface area contributed by atoms with Gasteiger partial charge in [-0.15, -0.1) is 0 Å². The van der Waals surface area contributed by atoms with Crippen molar-refractivity contribution in [3.8, 4) is 0 Å². The largest absolute Gasteiger partial charge is 0.445 e. The maximum atomic E-state index is 11.4. The van der Waals surface area contributed by atoms with E-state index in [9.17, 15) is 9.90 Å². The van der Waals surface area contributed by atoms with E-state index < -0.39 is 12.2 Å². The van der Waals surface area contributed by atoms with Crippen LogP contribution in [0, 0.1) is 0 Å². The number of hydrogen-bond acceptors (Lipinski definition) is 3. The van der Waals surface area contributed by atoms with E-state index in [1.807, 2.05) is 36.4 Å². The number of ether oxygens (including phenoxy) is 1. The summed E-state index contributed by atoms with van der Waals surface area (Å²) >= 11 is 0. The second-order valence-electron chi connectivity index (χ2n) is 4.55. The Balaban J connectivity index is 2.11. The van der Waals surface area contributed by atoms with E-state index in [4.69, 9.17) is 4.74 Å². The molecule has 0 saturated carbocycles. The molecule has 20 heavy (non-hydrogen) atoms. The maximum Gasteiger partial charge on any atom is 0.407 e. The van der Waals surface area contributed by atoms with Crippen LogP contribution in [0.4, 0.5) is 4.79 Å². The molecule has 4 heteroatoms. The lowest BCUT2D eigenvalue weighted by atomic mass is 10.2. The second-order valence-corrected chi connectivity index (χ2v) is 4.55. The fourth-order valence-electron chi connectivity index (χ4n) is 1.65. The molecule has 0 heterocycles. The van der Waals surface area contributed by atoms with Crippen LogP contribution in [0.2, 0.25) is 0 Å². The Morgan fingerprint density at radius 2 is 2.10 bits per heavy atom. The van der Waals surface area contributed by atoms with Crippen LogP contribution in [0.5, 0.6) is 0 Å². The summed E-state index contributed by atoms with van der Waals surface area (Å²) in [7, 11) is 0. The van der Waals surface area contributed by atoms with Crippen LogP contribution in [0.1, 0.15) is 31.7 Å². The first-order valence-electron chi connectivity index (χ1n) is 7.00. The molecule has 0 aromatic heterocycles. The van der Waals surface area contributed by atoms with Crippen molar-refractivity contribution in [1.82, 2.24) is 5.32 Å². The second kappa shape index (κ2) is 10.0. The van der Waals surface area contributed by atoms with Crippen molar-refractivity contribution in [2.45, 2.75) is 38.9 Å². The van der Waals surface area contributed by atoms with Crippen LogP contribution in [-0.4, -0.2) is 23.8 Å². The molecule has 110 valence electrons. The minimum atomic E-state index is -0.541. The predicted molar refractivity (Wildman–Crippen MR) is 79.3 cm³/mol. The predicted octanol–water partition coefficient (Wildman–Crippen LogP) is 3.02. The Morgan fingerprint density at radius 1 is 1.35 bits per heavy atom. The number of rotatable bonds is 8. The number of nitrogens with one attached hydrogen (secondary N) is 1. The van der Waals surface area contributed by atoms with Crippen LogP contribution in [0.15, 0.2) is 42.5 Å². The summed E-state index contributed by atoms with van der Waals surface area (Å²) in [5.74, 6) is 0. The third kappa shape index (κ3) is 7.59. The van der Waals surface area contributed by atoms with Gasteiger partial charge in [-0.1, -0.05) is 49.4 Å². The molecule has 1 amide bonds. The Labute approximate surface area is 120 Å². The number of carbonyl (C=O) groups is 1. The van der Waals surface area contributed by atoms with Gasteiger partial charge in [0.2, 0.25) is 0 Å². The van der Waals surface area contributed by atoms with Gasteiger partial charge in [-0.25, -0.2) is 4.79 Å². The highest BCUT2D eigenvalue weighted by atomic mass is 16.5. The maximum absolute atomic E-state index is 11.4. The summed E-state index contributed by atoms with van der Waals surface area (Å²) in [4.78, 5) is 11.4. The summed E-state index contributed by atoms with van der Waals surface area (Å²) in [5, 5.41) is 12.2. The summed E-state index contributed by atoms with van der Waals surface area (Å²) in [6.07, 6.45) is 5.51. The smallest absolute Gasteiger partial charge is 0.407 e. The monoisotopic (exact) mass is 277 g/mol. The van der Waals surface area contributed by atoms with E-state index in [-0.39, 0.29) is 13.2 Å². The fraction of sp³-hybridized carbons (Fsp3) is 0.438. The Kier molecular flexibility index (Phi) is 8.15. The lowest BCUT2D eigenvalue weighted by Gasteiger charge is -2.11. The SMILES string of the molecule is CC/C=C\CCC(O)CNC(=O)OCc1ccccc1.